The molecule has 1 atom stereocenters. The van der Waals surface area contributed by atoms with Gasteiger partial charge in [0.25, 0.3) is 0 Å². The third-order valence-corrected chi connectivity index (χ3v) is 4.35. The smallest absolute Gasteiger partial charge is 0.232 e. The first-order valence-electron chi connectivity index (χ1n) is 7.92. The largest absolute Gasteiger partial charge is 0.368 e. The minimum absolute atomic E-state index is 0.121. The molecule has 1 fully saturated rings. The van der Waals surface area contributed by atoms with E-state index in [0.29, 0.717) is 31.0 Å². The number of morpholine rings is 1. The molecule has 5 nitrogen and oxygen atoms in total. The molecule has 126 valence electrons. The second-order valence-electron chi connectivity index (χ2n) is 6.35. The van der Waals surface area contributed by atoms with E-state index in [-0.39, 0.29) is 17.8 Å². The molecule has 1 amide bonds. The number of carbonyl (C=O) groups is 1. The lowest BCUT2D eigenvalue weighted by Gasteiger charge is -2.37. The van der Waals surface area contributed by atoms with E-state index in [1.807, 2.05) is 0 Å². The molecular formula is C18H20FN3O2. The van der Waals surface area contributed by atoms with Gasteiger partial charge in [0.05, 0.1) is 30.5 Å². The Kier molecular flexibility index (Phi) is 4.57. The summed E-state index contributed by atoms with van der Waals surface area (Å²) in [7, 11) is 0. The predicted octanol–water partition coefficient (Wildman–Crippen LogP) is 2.49. The van der Waals surface area contributed by atoms with Crippen molar-refractivity contribution >= 4 is 5.91 Å². The van der Waals surface area contributed by atoms with E-state index in [2.05, 4.69) is 9.97 Å². The normalized spacial score (nSPS) is 18.5. The third-order valence-electron chi connectivity index (χ3n) is 4.35. The van der Waals surface area contributed by atoms with Crippen molar-refractivity contribution in [1.82, 2.24) is 14.9 Å². The zero-order valence-electron chi connectivity index (χ0n) is 13.8. The third kappa shape index (κ3) is 3.14. The zero-order valence-corrected chi connectivity index (χ0v) is 13.8. The van der Waals surface area contributed by atoms with Crippen LogP contribution in [0.4, 0.5) is 4.39 Å². The van der Waals surface area contributed by atoms with Crippen molar-refractivity contribution in [2.75, 3.05) is 19.7 Å². The van der Waals surface area contributed by atoms with Crippen LogP contribution in [0.2, 0.25) is 0 Å². The van der Waals surface area contributed by atoms with Crippen molar-refractivity contribution in [3.05, 3.63) is 59.9 Å². The quantitative estimate of drug-likeness (QED) is 0.868. The molecule has 1 aromatic carbocycles. The molecule has 0 saturated carbocycles. The summed E-state index contributed by atoms with van der Waals surface area (Å²) in [4.78, 5) is 23.0. The SMILES string of the molecule is CC(C)(C(=O)N1CCOC(c2cnccn2)C1)c1ccccc1F. The van der Waals surface area contributed by atoms with Gasteiger partial charge in [-0.3, -0.25) is 14.8 Å². The van der Waals surface area contributed by atoms with Crippen LogP contribution in [0.15, 0.2) is 42.9 Å². The molecule has 3 rings (SSSR count). The standard InChI is InChI=1S/C18H20FN3O2/c1-18(2,13-5-3-4-6-14(13)19)17(23)22-9-10-24-16(12-22)15-11-20-7-8-21-15/h3-8,11,16H,9-10,12H2,1-2H3. The lowest BCUT2D eigenvalue weighted by molar-refractivity contribution is -0.144. The average Bonchev–Trinajstić information content (AvgIpc) is 2.62. The van der Waals surface area contributed by atoms with Crippen molar-refractivity contribution in [2.45, 2.75) is 25.4 Å². The summed E-state index contributed by atoms with van der Waals surface area (Å²) < 4.78 is 19.9. The summed E-state index contributed by atoms with van der Waals surface area (Å²) >= 11 is 0. The van der Waals surface area contributed by atoms with Crippen LogP contribution >= 0.6 is 0 Å². The van der Waals surface area contributed by atoms with Crippen molar-refractivity contribution < 1.29 is 13.9 Å². The molecule has 1 aliphatic heterocycles. The fraction of sp³-hybridized carbons (Fsp3) is 0.389. The maximum Gasteiger partial charge on any atom is 0.232 e. The summed E-state index contributed by atoms with van der Waals surface area (Å²) in [6.07, 6.45) is 4.52. The molecule has 2 aromatic rings. The number of rotatable bonds is 3. The molecule has 1 saturated heterocycles. The van der Waals surface area contributed by atoms with Gasteiger partial charge >= 0.3 is 0 Å². The molecule has 0 N–H and O–H groups in total. The number of aromatic nitrogens is 2. The molecule has 0 aliphatic carbocycles. The number of nitrogens with zero attached hydrogens (tertiary/aromatic N) is 3. The number of hydrogen-bond donors (Lipinski definition) is 0. The second kappa shape index (κ2) is 6.65. The number of ether oxygens (including phenoxy) is 1. The highest BCUT2D eigenvalue weighted by molar-refractivity contribution is 5.87. The first-order chi connectivity index (χ1) is 11.5. The first-order valence-corrected chi connectivity index (χ1v) is 7.92. The molecule has 6 heteroatoms. The van der Waals surface area contributed by atoms with Crippen LogP contribution in [0.3, 0.4) is 0 Å². The van der Waals surface area contributed by atoms with Gasteiger partial charge in [0.2, 0.25) is 5.91 Å². The van der Waals surface area contributed by atoms with Crippen molar-refractivity contribution in [3.8, 4) is 0 Å². The number of halogens is 1. The highest BCUT2D eigenvalue weighted by Gasteiger charge is 2.38. The Morgan fingerprint density at radius 1 is 1.33 bits per heavy atom. The van der Waals surface area contributed by atoms with Gasteiger partial charge in [-0.2, -0.15) is 0 Å². The fourth-order valence-corrected chi connectivity index (χ4v) is 2.97. The Balaban J connectivity index is 1.80. The van der Waals surface area contributed by atoms with Crippen LogP contribution in [0.5, 0.6) is 0 Å². The molecule has 24 heavy (non-hydrogen) atoms. The Labute approximate surface area is 140 Å². The van der Waals surface area contributed by atoms with Gasteiger partial charge in [0, 0.05) is 24.5 Å². The summed E-state index contributed by atoms with van der Waals surface area (Å²) in [5.74, 6) is -0.487. The maximum atomic E-state index is 14.1. The van der Waals surface area contributed by atoms with Gasteiger partial charge in [0.15, 0.2) is 0 Å². The first kappa shape index (κ1) is 16.5. The highest BCUT2D eigenvalue weighted by Crippen LogP contribution is 2.30. The van der Waals surface area contributed by atoms with Crippen molar-refractivity contribution in [2.24, 2.45) is 0 Å². The van der Waals surface area contributed by atoms with Gasteiger partial charge in [-0.1, -0.05) is 18.2 Å². The van der Waals surface area contributed by atoms with E-state index in [9.17, 15) is 9.18 Å². The topological polar surface area (TPSA) is 55.3 Å². The van der Waals surface area contributed by atoms with E-state index in [1.54, 1.807) is 55.5 Å². The lowest BCUT2D eigenvalue weighted by atomic mass is 9.82. The lowest BCUT2D eigenvalue weighted by Crippen LogP contribution is -2.49. The molecule has 1 unspecified atom stereocenters. The zero-order chi connectivity index (χ0) is 17.2. The van der Waals surface area contributed by atoms with Crippen molar-refractivity contribution in [1.29, 1.82) is 0 Å². The Hall–Kier alpha value is -2.34. The number of amides is 1. The second-order valence-corrected chi connectivity index (χ2v) is 6.35. The van der Waals surface area contributed by atoms with Crippen LogP contribution < -0.4 is 0 Å². The van der Waals surface area contributed by atoms with Crippen LogP contribution in [-0.4, -0.2) is 40.5 Å². The van der Waals surface area contributed by atoms with E-state index in [0.717, 1.165) is 0 Å². The summed E-state index contributed by atoms with van der Waals surface area (Å²) in [5.41, 5.74) is 0.145. The van der Waals surface area contributed by atoms with Gasteiger partial charge in [-0.15, -0.1) is 0 Å². The minimum Gasteiger partial charge on any atom is -0.368 e. The summed E-state index contributed by atoms with van der Waals surface area (Å²) in [5, 5.41) is 0. The predicted molar refractivity (Wildman–Crippen MR) is 86.7 cm³/mol. The molecule has 2 heterocycles. The van der Waals surface area contributed by atoms with E-state index >= 15 is 0 Å². The van der Waals surface area contributed by atoms with Crippen LogP contribution in [0, 0.1) is 5.82 Å². The van der Waals surface area contributed by atoms with Gasteiger partial charge < -0.3 is 9.64 Å². The molecule has 0 radical (unpaired) electrons. The van der Waals surface area contributed by atoms with Gasteiger partial charge in [0.1, 0.15) is 11.9 Å². The van der Waals surface area contributed by atoms with Crippen LogP contribution in [0.1, 0.15) is 31.2 Å². The number of hydrogen-bond acceptors (Lipinski definition) is 4. The van der Waals surface area contributed by atoms with E-state index in [4.69, 9.17) is 4.74 Å². The fourth-order valence-electron chi connectivity index (χ4n) is 2.97. The molecule has 0 bridgehead atoms. The summed E-state index contributed by atoms with van der Waals surface area (Å²) in [6.45, 7) is 4.78. The Bertz CT molecular complexity index is 721. The average molecular weight is 329 g/mol. The Morgan fingerprint density at radius 3 is 2.83 bits per heavy atom. The van der Waals surface area contributed by atoms with Gasteiger partial charge in [-0.25, -0.2) is 4.39 Å². The Morgan fingerprint density at radius 2 is 2.12 bits per heavy atom. The van der Waals surface area contributed by atoms with Crippen LogP contribution in [-0.2, 0) is 14.9 Å². The van der Waals surface area contributed by atoms with Crippen LogP contribution in [0.25, 0.3) is 0 Å². The minimum atomic E-state index is -0.949. The van der Waals surface area contributed by atoms with E-state index < -0.39 is 5.41 Å². The molecule has 1 aromatic heterocycles. The monoisotopic (exact) mass is 329 g/mol. The molecule has 0 spiro atoms. The molecule has 1 aliphatic rings. The highest BCUT2D eigenvalue weighted by atomic mass is 19.1. The maximum absolute atomic E-state index is 14.1. The number of benzene rings is 1. The van der Waals surface area contributed by atoms with E-state index in [1.165, 1.54) is 6.07 Å². The van der Waals surface area contributed by atoms with Gasteiger partial charge in [-0.05, 0) is 19.9 Å². The molecular weight excluding hydrogens is 309 g/mol. The summed E-state index contributed by atoms with van der Waals surface area (Å²) in [6, 6.07) is 6.41. The number of carbonyl (C=O) groups excluding carboxylic acids is 1. The van der Waals surface area contributed by atoms with Crippen molar-refractivity contribution in [3.63, 3.8) is 0 Å².